The average molecular weight is 202 g/mol. The number of nitrogens with two attached hydrogens (primary N) is 2. The molecule has 0 aliphatic heterocycles. The lowest BCUT2D eigenvalue weighted by atomic mass is 10.2. The van der Waals surface area contributed by atoms with Crippen LogP contribution in [-0.4, -0.2) is 12.4 Å². The van der Waals surface area contributed by atoms with E-state index in [-0.39, 0.29) is 0 Å². The summed E-state index contributed by atoms with van der Waals surface area (Å²) in [6.07, 6.45) is 2.98. The maximum absolute atomic E-state index is 5.52. The summed E-state index contributed by atoms with van der Waals surface area (Å²) in [5.74, 6) is 10.7. The van der Waals surface area contributed by atoms with Crippen molar-refractivity contribution in [1.29, 1.82) is 0 Å². The fourth-order valence-corrected chi connectivity index (χ4v) is 1.42. The molecule has 15 heavy (non-hydrogen) atoms. The van der Waals surface area contributed by atoms with E-state index in [0.29, 0.717) is 5.76 Å². The molecule has 0 aliphatic rings. The number of hydrogen-bond acceptors (Lipinski definition) is 5. The molecule has 1 aromatic carbocycles. The largest absolute Gasteiger partial charge is 0.454 e. The maximum atomic E-state index is 5.52. The number of nitrogens with zero attached hydrogens (tertiary/aromatic N) is 2. The minimum atomic E-state index is 0.602. The van der Waals surface area contributed by atoms with Gasteiger partial charge >= 0.3 is 0 Å². The molecule has 0 fully saturated rings. The normalized spacial score (nSPS) is 12.0. The molecule has 5 heteroatoms. The summed E-state index contributed by atoms with van der Waals surface area (Å²) in [6.45, 7) is 0. The minimum absolute atomic E-state index is 0.602. The molecule has 0 radical (unpaired) electrons. The Hall–Kier alpha value is -2.30. The monoisotopic (exact) mass is 202 g/mol. The molecular weight excluding hydrogens is 192 g/mol. The van der Waals surface area contributed by atoms with Crippen LogP contribution in [0.1, 0.15) is 11.3 Å². The minimum Gasteiger partial charge on any atom is -0.454 e. The second kappa shape index (κ2) is 3.83. The van der Waals surface area contributed by atoms with E-state index in [1.807, 2.05) is 24.3 Å². The van der Waals surface area contributed by atoms with Crippen molar-refractivity contribution in [3.63, 3.8) is 0 Å². The molecule has 4 N–H and O–H groups in total. The highest BCUT2D eigenvalue weighted by atomic mass is 16.3. The van der Waals surface area contributed by atoms with Crippen molar-refractivity contribution in [2.24, 2.45) is 21.9 Å². The Morgan fingerprint density at radius 3 is 2.67 bits per heavy atom. The van der Waals surface area contributed by atoms with Crippen LogP contribution in [0.25, 0.3) is 11.0 Å². The summed E-state index contributed by atoms with van der Waals surface area (Å²) < 4.78 is 5.52. The summed E-state index contributed by atoms with van der Waals surface area (Å²) in [6, 6.07) is 7.55. The fraction of sp³-hybridized carbons (Fsp3) is 0. The molecule has 2 rings (SSSR count). The molecule has 0 saturated heterocycles. The summed E-state index contributed by atoms with van der Waals surface area (Å²) in [5, 5.41) is 7.83. The van der Waals surface area contributed by atoms with Crippen LogP contribution in [0.5, 0.6) is 0 Å². The summed E-state index contributed by atoms with van der Waals surface area (Å²) in [5.41, 5.74) is 1.55. The lowest BCUT2D eigenvalue weighted by Gasteiger charge is -1.92. The van der Waals surface area contributed by atoms with E-state index < -0.39 is 0 Å². The third-order valence-corrected chi connectivity index (χ3v) is 2.01. The van der Waals surface area contributed by atoms with Crippen molar-refractivity contribution < 1.29 is 4.42 Å². The Kier molecular flexibility index (Phi) is 2.37. The molecule has 0 unspecified atom stereocenters. The van der Waals surface area contributed by atoms with Gasteiger partial charge in [0, 0.05) is 10.9 Å². The molecular formula is C10H10N4O. The van der Waals surface area contributed by atoms with Crippen molar-refractivity contribution in [1.82, 2.24) is 0 Å². The molecule has 1 aromatic heterocycles. The van der Waals surface area contributed by atoms with E-state index in [9.17, 15) is 0 Å². The zero-order valence-electron chi connectivity index (χ0n) is 7.92. The first-order chi connectivity index (χ1) is 7.35. The van der Waals surface area contributed by atoms with E-state index in [2.05, 4.69) is 10.2 Å². The van der Waals surface area contributed by atoms with Gasteiger partial charge in [-0.05, 0) is 12.1 Å². The highest BCUT2D eigenvalue weighted by Gasteiger charge is 2.05. The van der Waals surface area contributed by atoms with Crippen molar-refractivity contribution in [3.05, 3.63) is 35.6 Å². The number of hydrogen-bond donors (Lipinski definition) is 2. The van der Waals surface area contributed by atoms with Crippen molar-refractivity contribution >= 4 is 23.4 Å². The second-order valence-electron chi connectivity index (χ2n) is 2.97. The van der Waals surface area contributed by atoms with E-state index in [1.54, 1.807) is 0 Å². The highest BCUT2D eigenvalue weighted by molar-refractivity contribution is 5.98. The van der Waals surface area contributed by atoms with Crippen LogP contribution in [0.2, 0.25) is 0 Å². The van der Waals surface area contributed by atoms with Gasteiger partial charge in [-0.3, -0.25) is 0 Å². The number of furan rings is 1. The summed E-state index contributed by atoms with van der Waals surface area (Å²) in [7, 11) is 0. The van der Waals surface area contributed by atoms with Gasteiger partial charge in [-0.15, -0.1) is 0 Å². The van der Waals surface area contributed by atoms with Gasteiger partial charge < -0.3 is 16.1 Å². The zero-order chi connectivity index (χ0) is 10.7. The highest BCUT2D eigenvalue weighted by Crippen LogP contribution is 2.21. The predicted octanol–water partition coefficient (Wildman–Crippen LogP) is 1.02. The Balaban J connectivity index is 2.64. The first-order valence-electron chi connectivity index (χ1n) is 4.34. The van der Waals surface area contributed by atoms with Gasteiger partial charge in [0.05, 0.1) is 12.4 Å². The van der Waals surface area contributed by atoms with Crippen LogP contribution in [0.4, 0.5) is 0 Å². The van der Waals surface area contributed by atoms with Crippen molar-refractivity contribution in [2.75, 3.05) is 0 Å². The van der Waals surface area contributed by atoms with Crippen molar-refractivity contribution in [2.45, 2.75) is 0 Å². The Labute approximate surface area is 86.0 Å². The molecule has 0 atom stereocenters. The second-order valence-corrected chi connectivity index (χ2v) is 2.97. The SMILES string of the molecule is N/N=C\c1cc2cccc(/C=N/N)c2o1. The topological polar surface area (TPSA) is 89.9 Å². The molecule has 0 aliphatic carbocycles. The van der Waals surface area contributed by atoms with Gasteiger partial charge in [0.1, 0.15) is 11.3 Å². The smallest absolute Gasteiger partial charge is 0.148 e. The van der Waals surface area contributed by atoms with Gasteiger partial charge in [0.25, 0.3) is 0 Å². The quantitative estimate of drug-likeness (QED) is 0.432. The number of fused-ring (bicyclic) bond motifs is 1. The third kappa shape index (κ3) is 1.67. The van der Waals surface area contributed by atoms with Crippen LogP contribution >= 0.6 is 0 Å². The third-order valence-electron chi connectivity index (χ3n) is 2.01. The number of para-hydroxylation sites is 1. The van der Waals surface area contributed by atoms with Crippen LogP contribution < -0.4 is 11.7 Å². The van der Waals surface area contributed by atoms with Gasteiger partial charge in [-0.25, -0.2) is 0 Å². The summed E-state index contributed by atoms with van der Waals surface area (Å²) in [4.78, 5) is 0. The molecule has 0 saturated carbocycles. The number of benzene rings is 1. The van der Waals surface area contributed by atoms with Crippen LogP contribution in [0.15, 0.2) is 38.9 Å². The van der Waals surface area contributed by atoms with E-state index in [0.717, 1.165) is 16.5 Å². The molecule has 2 aromatic rings. The molecule has 5 nitrogen and oxygen atoms in total. The van der Waals surface area contributed by atoms with Gasteiger partial charge in [0.15, 0.2) is 0 Å². The van der Waals surface area contributed by atoms with E-state index in [4.69, 9.17) is 16.1 Å². The summed E-state index contributed by atoms with van der Waals surface area (Å²) >= 11 is 0. The molecule has 1 heterocycles. The first kappa shape index (κ1) is 9.26. The average Bonchev–Trinajstić information content (AvgIpc) is 2.62. The standard InChI is InChI=1S/C10H10N4O/c11-13-5-8-3-1-2-7-4-9(6-14-12)15-10(7)8/h1-6H,11-12H2/b13-5+,14-6-. The molecule has 76 valence electrons. The van der Waals surface area contributed by atoms with Gasteiger partial charge in [0.2, 0.25) is 0 Å². The lowest BCUT2D eigenvalue weighted by Crippen LogP contribution is -1.86. The number of rotatable bonds is 2. The van der Waals surface area contributed by atoms with Crippen LogP contribution in [0, 0.1) is 0 Å². The van der Waals surface area contributed by atoms with E-state index >= 15 is 0 Å². The lowest BCUT2D eigenvalue weighted by molar-refractivity contribution is 0.607. The Morgan fingerprint density at radius 1 is 1.13 bits per heavy atom. The Morgan fingerprint density at radius 2 is 1.93 bits per heavy atom. The Bertz CT molecular complexity index is 527. The molecule has 0 spiro atoms. The molecule has 0 amide bonds. The predicted molar refractivity (Wildman–Crippen MR) is 59.8 cm³/mol. The maximum Gasteiger partial charge on any atom is 0.148 e. The fourth-order valence-electron chi connectivity index (χ4n) is 1.42. The van der Waals surface area contributed by atoms with Crippen LogP contribution in [-0.2, 0) is 0 Å². The van der Waals surface area contributed by atoms with Gasteiger partial charge in [-0.1, -0.05) is 12.1 Å². The zero-order valence-corrected chi connectivity index (χ0v) is 7.92. The van der Waals surface area contributed by atoms with Crippen LogP contribution in [0.3, 0.4) is 0 Å². The first-order valence-corrected chi connectivity index (χ1v) is 4.34. The van der Waals surface area contributed by atoms with Crippen molar-refractivity contribution in [3.8, 4) is 0 Å². The van der Waals surface area contributed by atoms with E-state index in [1.165, 1.54) is 12.4 Å². The number of hydrazone groups is 2. The molecule has 0 bridgehead atoms. The van der Waals surface area contributed by atoms with Gasteiger partial charge in [-0.2, -0.15) is 10.2 Å².